The summed E-state index contributed by atoms with van der Waals surface area (Å²) < 4.78 is 10.1. The van der Waals surface area contributed by atoms with Gasteiger partial charge in [0.1, 0.15) is 17.7 Å². The molecule has 3 rings (SSSR count). The number of carbonyl (C=O) groups is 1. The van der Waals surface area contributed by atoms with Crippen molar-refractivity contribution in [1.82, 2.24) is 15.8 Å². The van der Waals surface area contributed by atoms with Gasteiger partial charge in [0.25, 0.3) is 0 Å². The number of amides is 2. The first-order chi connectivity index (χ1) is 11.7. The molecule has 0 atom stereocenters. The van der Waals surface area contributed by atoms with Crippen LogP contribution in [0.25, 0.3) is 0 Å². The molecule has 0 spiro atoms. The van der Waals surface area contributed by atoms with Crippen LogP contribution in [0.2, 0.25) is 0 Å². The molecule has 2 aromatic rings. The molecule has 0 radical (unpaired) electrons. The van der Waals surface area contributed by atoms with E-state index >= 15 is 0 Å². The quantitative estimate of drug-likeness (QED) is 0.854. The van der Waals surface area contributed by atoms with Crippen LogP contribution < -0.4 is 15.4 Å². The predicted molar refractivity (Wildman–Crippen MR) is 89.9 cm³/mol. The molecule has 1 aromatic carbocycles. The average Bonchev–Trinajstić information content (AvgIpc) is 3.30. The van der Waals surface area contributed by atoms with E-state index in [-0.39, 0.29) is 11.4 Å². The van der Waals surface area contributed by atoms with Gasteiger partial charge in [-0.1, -0.05) is 30.1 Å². The van der Waals surface area contributed by atoms with Gasteiger partial charge in [0.05, 0.1) is 13.7 Å². The summed E-state index contributed by atoms with van der Waals surface area (Å²) in [5, 5.41) is 9.59. The lowest BCUT2D eigenvalue weighted by Crippen LogP contribution is -2.43. The lowest BCUT2D eigenvalue weighted by molar-refractivity contribution is 0.236. The van der Waals surface area contributed by atoms with Crippen molar-refractivity contribution in [1.29, 1.82) is 0 Å². The molecule has 0 bridgehead atoms. The van der Waals surface area contributed by atoms with Crippen LogP contribution in [0.5, 0.6) is 5.75 Å². The zero-order chi connectivity index (χ0) is 16.8. The van der Waals surface area contributed by atoms with Gasteiger partial charge in [-0.3, -0.25) is 0 Å². The Kier molecular flexibility index (Phi) is 5.03. The molecule has 1 fully saturated rings. The SMILES string of the molecule is COc1cccc(C2(CNC(=O)NCc3ccon3)CCCC2)c1. The molecule has 1 aliphatic carbocycles. The number of nitrogens with zero attached hydrogens (tertiary/aromatic N) is 1. The minimum absolute atomic E-state index is 0.0141. The smallest absolute Gasteiger partial charge is 0.315 e. The summed E-state index contributed by atoms with van der Waals surface area (Å²) in [6.45, 7) is 0.972. The van der Waals surface area contributed by atoms with Crippen molar-refractivity contribution >= 4 is 6.03 Å². The second-order valence-electron chi connectivity index (χ2n) is 6.25. The van der Waals surface area contributed by atoms with E-state index in [1.807, 2.05) is 12.1 Å². The summed E-state index contributed by atoms with van der Waals surface area (Å²) in [6, 6.07) is 9.72. The van der Waals surface area contributed by atoms with E-state index in [4.69, 9.17) is 9.26 Å². The highest BCUT2D eigenvalue weighted by atomic mass is 16.5. The number of rotatable bonds is 6. The summed E-state index contributed by atoms with van der Waals surface area (Å²) in [6.07, 6.45) is 6.00. The maximum Gasteiger partial charge on any atom is 0.315 e. The van der Waals surface area contributed by atoms with Crippen molar-refractivity contribution in [3.05, 3.63) is 47.9 Å². The molecule has 1 aliphatic rings. The lowest BCUT2D eigenvalue weighted by atomic mass is 9.78. The number of ether oxygens (including phenoxy) is 1. The standard InChI is InChI=1S/C18H23N3O3/c1-23-16-6-4-5-14(11-16)18(8-2-3-9-18)13-20-17(22)19-12-15-7-10-24-21-15/h4-7,10-11H,2-3,8-9,12-13H2,1H3,(H2,19,20,22). The first-order valence-electron chi connectivity index (χ1n) is 8.27. The monoisotopic (exact) mass is 329 g/mol. The molecule has 24 heavy (non-hydrogen) atoms. The van der Waals surface area contributed by atoms with E-state index in [2.05, 4.69) is 27.9 Å². The predicted octanol–water partition coefficient (Wildman–Crippen LogP) is 2.99. The van der Waals surface area contributed by atoms with E-state index in [1.54, 1.807) is 13.2 Å². The Hall–Kier alpha value is -2.50. The van der Waals surface area contributed by atoms with Gasteiger partial charge in [-0.15, -0.1) is 0 Å². The van der Waals surface area contributed by atoms with Crippen LogP contribution in [-0.2, 0) is 12.0 Å². The van der Waals surface area contributed by atoms with Gasteiger partial charge in [-0.25, -0.2) is 4.79 Å². The number of urea groups is 1. The first kappa shape index (κ1) is 16.4. The Bertz CT molecular complexity index is 664. The van der Waals surface area contributed by atoms with Crippen molar-refractivity contribution < 1.29 is 14.1 Å². The molecule has 0 aliphatic heterocycles. The van der Waals surface area contributed by atoms with Crippen LogP contribution in [0.4, 0.5) is 4.79 Å². The normalized spacial score (nSPS) is 15.9. The first-order valence-corrected chi connectivity index (χ1v) is 8.27. The number of nitrogens with one attached hydrogen (secondary N) is 2. The third-order valence-electron chi connectivity index (χ3n) is 4.75. The zero-order valence-electron chi connectivity index (χ0n) is 13.9. The van der Waals surface area contributed by atoms with Crippen LogP contribution in [0, 0.1) is 0 Å². The Morgan fingerprint density at radius 1 is 1.29 bits per heavy atom. The molecular weight excluding hydrogens is 306 g/mol. The minimum atomic E-state index is -0.188. The highest BCUT2D eigenvalue weighted by Crippen LogP contribution is 2.41. The summed E-state index contributed by atoms with van der Waals surface area (Å²) in [5.41, 5.74) is 1.92. The summed E-state index contributed by atoms with van der Waals surface area (Å²) in [4.78, 5) is 12.1. The molecule has 1 aromatic heterocycles. The van der Waals surface area contributed by atoms with Crippen LogP contribution in [0.3, 0.4) is 0 Å². The fourth-order valence-corrected chi connectivity index (χ4v) is 3.38. The molecule has 2 amide bonds. The second-order valence-corrected chi connectivity index (χ2v) is 6.25. The van der Waals surface area contributed by atoms with Crippen molar-refractivity contribution in [2.75, 3.05) is 13.7 Å². The van der Waals surface area contributed by atoms with Crippen molar-refractivity contribution in [2.24, 2.45) is 0 Å². The summed E-state index contributed by atoms with van der Waals surface area (Å²) in [7, 11) is 1.68. The maximum absolute atomic E-state index is 12.1. The number of hydrogen-bond acceptors (Lipinski definition) is 4. The van der Waals surface area contributed by atoms with Crippen molar-refractivity contribution in [2.45, 2.75) is 37.6 Å². The molecule has 2 N–H and O–H groups in total. The minimum Gasteiger partial charge on any atom is -0.497 e. The van der Waals surface area contributed by atoms with Gasteiger partial charge in [0.2, 0.25) is 0 Å². The third kappa shape index (κ3) is 3.69. The van der Waals surface area contributed by atoms with Crippen LogP contribution in [0.15, 0.2) is 41.1 Å². The van der Waals surface area contributed by atoms with Crippen LogP contribution in [0.1, 0.15) is 36.9 Å². The third-order valence-corrected chi connectivity index (χ3v) is 4.75. The van der Waals surface area contributed by atoms with Gasteiger partial charge in [0, 0.05) is 18.0 Å². The largest absolute Gasteiger partial charge is 0.497 e. The molecule has 6 heteroatoms. The Morgan fingerprint density at radius 3 is 2.83 bits per heavy atom. The van der Waals surface area contributed by atoms with Gasteiger partial charge in [0.15, 0.2) is 0 Å². The fourth-order valence-electron chi connectivity index (χ4n) is 3.38. The van der Waals surface area contributed by atoms with E-state index in [0.717, 1.165) is 18.6 Å². The summed E-state index contributed by atoms with van der Waals surface area (Å²) >= 11 is 0. The average molecular weight is 329 g/mol. The van der Waals surface area contributed by atoms with E-state index < -0.39 is 0 Å². The highest BCUT2D eigenvalue weighted by molar-refractivity contribution is 5.74. The number of hydrogen-bond donors (Lipinski definition) is 2. The molecular formula is C18H23N3O3. The number of carbonyl (C=O) groups excluding carboxylic acids is 1. The second kappa shape index (κ2) is 7.38. The van der Waals surface area contributed by atoms with Gasteiger partial charge in [-0.2, -0.15) is 0 Å². The van der Waals surface area contributed by atoms with Crippen LogP contribution in [-0.4, -0.2) is 24.8 Å². The van der Waals surface area contributed by atoms with Crippen molar-refractivity contribution in [3.63, 3.8) is 0 Å². The number of aromatic nitrogens is 1. The molecule has 1 heterocycles. The van der Waals surface area contributed by atoms with Gasteiger partial charge >= 0.3 is 6.03 Å². The van der Waals surface area contributed by atoms with Gasteiger partial charge < -0.3 is 19.9 Å². The molecule has 128 valence electrons. The maximum atomic E-state index is 12.1. The van der Waals surface area contributed by atoms with Gasteiger partial charge in [-0.05, 0) is 30.5 Å². The molecule has 0 saturated heterocycles. The highest BCUT2D eigenvalue weighted by Gasteiger charge is 2.36. The Balaban J connectivity index is 1.62. The zero-order valence-corrected chi connectivity index (χ0v) is 13.9. The number of methoxy groups -OCH3 is 1. The fraction of sp³-hybridized carbons (Fsp3) is 0.444. The molecule has 0 unspecified atom stereocenters. The summed E-state index contributed by atoms with van der Waals surface area (Å²) in [5.74, 6) is 0.856. The van der Waals surface area contributed by atoms with Crippen LogP contribution >= 0.6 is 0 Å². The van der Waals surface area contributed by atoms with E-state index in [1.165, 1.54) is 24.7 Å². The van der Waals surface area contributed by atoms with E-state index in [9.17, 15) is 4.79 Å². The number of benzene rings is 1. The lowest BCUT2D eigenvalue weighted by Gasteiger charge is -2.30. The van der Waals surface area contributed by atoms with E-state index in [0.29, 0.717) is 18.8 Å². The Labute approximate surface area is 141 Å². The van der Waals surface area contributed by atoms with Crippen molar-refractivity contribution in [3.8, 4) is 5.75 Å². The molecule has 6 nitrogen and oxygen atoms in total. The Morgan fingerprint density at radius 2 is 2.12 bits per heavy atom. The molecule has 1 saturated carbocycles. The topological polar surface area (TPSA) is 76.4 Å².